The summed E-state index contributed by atoms with van der Waals surface area (Å²) < 4.78 is 0. The van der Waals surface area contributed by atoms with Gasteiger partial charge in [-0.05, 0) is 64.3 Å². The quantitative estimate of drug-likeness (QED) is 0.634. The van der Waals surface area contributed by atoms with Gasteiger partial charge in [-0.2, -0.15) is 0 Å². The summed E-state index contributed by atoms with van der Waals surface area (Å²) in [4.78, 5) is 12.8. The van der Waals surface area contributed by atoms with Crippen LogP contribution < -0.4 is 5.32 Å². The Morgan fingerprint density at radius 3 is 2.65 bits per heavy atom. The van der Waals surface area contributed by atoms with Crippen molar-refractivity contribution in [2.24, 2.45) is 5.92 Å². The first kappa shape index (κ1) is 14.5. The molecule has 1 saturated heterocycles. The summed E-state index contributed by atoms with van der Waals surface area (Å²) in [6, 6.07) is 0. The summed E-state index contributed by atoms with van der Waals surface area (Å²) in [5, 5.41) is 11.9. The van der Waals surface area contributed by atoms with E-state index in [9.17, 15) is 4.79 Å². The molecule has 17 heavy (non-hydrogen) atoms. The Labute approximate surface area is 104 Å². The highest BCUT2D eigenvalue weighted by Gasteiger charge is 2.17. The first-order valence-electron chi connectivity index (χ1n) is 6.87. The third-order valence-electron chi connectivity index (χ3n) is 3.58. The number of piperidine rings is 1. The van der Waals surface area contributed by atoms with Gasteiger partial charge in [0.1, 0.15) is 0 Å². The zero-order valence-corrected chi connectivity index (χ0v) is 11.0. The number of carbonyl (C=O) groups is 1. The van der Waals surface area contributed by atoms with Gasteiger partial charge in [-0.15, -0.1) is 0 Å². The Hall–Kier alpha value is -0.610. The largest absolute Gasteiger partial charge is 0.481 e. The number of aliphatic carboxylic acids is 1. The monoisotopic (exact) mass is 242 g/mol. The van der Waals surface area contributed by atoms with Crippen molar-refractivity contribution >= 4 is 5.97 Å². The molecule has 0 atom stereocenters. The molecular formula is C13H26N2O2. The van der Waals surface area contributed by atoms with E-state index in [0.717, 1.165) is 31.8 Å². The van der Waals surface area contributed by atoms with Crippen molar-refractivity contribution in [3.63, 3.8) is 0 Å². The molecule has 0 radical (unpaired) electrons. The lowest BCUT2D eigenvalue weighted by Crippen LogP contribution is -2.37. The van der Waals surface area contributed by atoms with E-state index in [1.165, 1.54) is 32.5 Å². The lowest BCUT2D eigenvalue weighted by molar-refractivity contribution is -0.137. The highest BCUT2D eigenvalue weighted by Crippen LogP contribution is 2.15. The third kappa shape index (κ3) is 6.64. The van der Waals surface area contributed by atoms with Crippen molar-refractivity contribution in [2.45, 2.75) is 39.0 Å². The average molecular weight is 242 g/mol. The van der Waals surface area contributed by atoms with Gasteiger partial charge in [-0.3, -0.25) is 4.79 Å². The Morgan fingerprint density at radius 1 is 1.35 bits per heavy atom. The van der Waals surface area contributed by atoms with Crippen LogP contribution in [0.4, 0.5) is 0 Å². The maximum atomic E-state index is 10.3. The van der Waals surface area contributed by atoms with Crippen LogP contribution >= 0.6 is 0 Å². The number of unbranched alkanes of at least 4 members (excludes halogenated alkanes) is 1. The van der Waals surface area contributed by atoms with Crippen LogP contribution in [-0.2, 0) is 4.79 Å². The van der Waals surface area contributed by atoms with Gasteiger partial charge in [0.05, 0.1) is 0 Å². The number of nitrogens with one attached hydrogen (secondary N) is 1. The van der Waals surface area contributed by atoms with E-state index in [2.05, 4.69) is 17.1 Å². The Kier molecular flexibility index (Phi) is 7.21. The van der Waals surface area contributed by atoms with Crippen LogP contribution in [0.1, 0.15) is 39.0 Å². The van der Waals surface area contributed by atoms with Gasteiger partial charge in [-0.1, -0.05) is 6.92 Å². The first-order chi connectivity index (χ1) is 8.22. The van der Waals surface area contributed by atoms with Gasteiger partial charge >= 0.3 is 5.97 Å². The second kappa shape index (κ2) is 8.48. The molecule has 0 unspecified atom stereocenters. The topological polar surface area (TPSA) is 52.6 Å². The summed E-state index contributed by atoms with van der Waals surface area (Å²) in [6.45, 7) is 7.94. The lowest BCUT2D eigenvalue weighted by atomic mass is 9.97. The first-order valence-corrected chi connectivity index (χ1v) is 6.87. The molecule has 0 saturated carbocycles. The number of carboxylic acids is 1. The van der Waals surface area contributed by atoms with E-state index in [-0.39, 0.29) is 0 Å². The van der Waals surface area contributed by atoms with Gasteiger partial charge in [0, 0.05) is 6.42 Å². The van der Waals surface area contributed by atoms with Crippen molar-refractivity contribution in [1.82, 2.24) is 10.2 Å². The molecule has 0 bridgehead atoms. The van der Waals surface area contributed by atoms with E-state index >= 15 is 0 Å². The number of hydrogen-bond acceptors (Lipinski definition) is 3. The smallest absolute Gasteiger partial charge is 0.303 e. The molecule has 2 N–H and O–H groups in total. The minimum Gasteiger partial charge on any atom is -0.481 e. The fraction of sp³-hybridized carbons (Fsp3) is 0.923. The average Bonchev–Trinajstić information content (AvgIpc) is 2.34. The predicted octanol–water partition coefficient (Wildman–Crippen LogP) is 1.56. The van der Waals surface area contributed by atoms with E-state index in [4.69, 9.17) is 5.11 Å². The van der Waals surface area contributed by atoms with Crippen molar-refractivity contribution in [2.75, 3.05) is 32.7 Å². The standard InChI is InChI=1S/C13H26N2O2/c1-2-15-9-6-12(7-10-15)11-14-8-4-3-5-13(16)17/h12,14H,2-11H2,1H3,(H,16,17). The molecule has 1 aliphatic rings. The van der Waals surface area contributed by atoms with Crippen LogP contribution in [0.2, 0.25) is 0 Å². The summed E-state index contributed by atoms with van der Waals surface area (Å²) in [5.41, 5.74) is 0. The second-order valence-electron chi connectivity index (χ2n) is 4.93. The minimum atomic E-state index is -0.683. The van der Waals surface area contributed by atoms with Crippen LogP contribution in [-0.4, -0.2) is 48.7 Å². The molecule has 4 nitrogen and oxygen atoms in total. The molecular weight excluding hydrogens is 216 g/mol. The molecule has 0 aliphatic carbocycles. The van der Waals surface area contributed by atoms with Crippen molar-refractivity contribution in [3.05, 3.63) is 0 Å². The maximum absolute atomic E-state index is 10.3. The van der Waals surface area contributed by atoms with E-state index in [0.29, 0.717) is 6.42 Å². The van der Waals surface area contributed by atoms with E-state index < -0.39 is 5.97 Å². The van der Waals surface area contributed by atoms with E-state index in [1.807, 2.05) is 0 Å². The number of rotatable bonds is 8. The number of hydrogen-bond donors (Lipinski definition) is 2. The molecule has 1 fully saturated rings. The Bertz CT molecular complexity index is 213. The highest BCUT2D eigenvalue weighted by atomic mass is 16.4. The third-order valence-corrected chi connectivity index (χ3v) is 3.58. The van der Waals surface area contributed by atoms with Crippen LogP contribution in [0.15, 0.2) is 0 Å². The van der Waals surface area contributed by atoms with Crippen molar-refractivity contribution in [1.29, 1.82) is 0 Å². The molecule has 0 aromatic carbocycles. The summed E-state index contributed by atoms with van der Waals surface area (Å²) >= 11 is 0. The molecule has 4 heteroatoms. The highest BCUT2D eigenvalue weighted by molar-refractivity contribution is 5.66. The Morgan fingerprint density at radius 2 is 2.06 bits per heavy atom. The summed E-state index contributed by atoms with van der Waals surface area (Å²) in [6.07, 6.45) is 4.67. The fourth-order valence-corrected chi connectivity index (χ4v) is 2.34. The lowest BCUT2D eigenvalue weighted by Gasteiger charge is -2.31. The molecule has 1 rings (SSSR count). The van der Waals surface area contributed by atoms with E-state index in [1.54, 1.807) is 0 Å². The molecule has 0 aromatic heterocycles. The van der Waals surface area contributed by atoms with Gasteiger partial charge in [0.25, 0.3) is 0 Å². The SMILES string of the molecule is CCN1CCC(CNCCCCC(=O)O)CC1. The van der Waals surface area contributed by atoms with Gasteiger partial charge in [-0.25, -0.2) is 0 Å². The number of likely N-dealkylation sites (tertiary alicyclic amines) is 1. The number of carboxylic acid groups (broad SMARTS) is 1. The van der Waals surface area contributed by atoms with Crippen molar-refractivity contribution in [3.8, 4) is 0 Å². The molecule has 1 heterocycles. The molecule has 0 spiro atoms. The predicted molar refractivity (Wildman–Crippen MR) is 69.2 cm³/mol. The van der Waals surface area contributed by atoms with Crippen molar-refractivity contribution < 1.29 is 9.90 Å². The van der Waals surface area contributed by atoms with Gasteiger partial charge in [0.15, 0.2) is 0 Å². The zero-order valence-electron chi connectivity index (χ0n) is 11.0. The molecule has 0 amide bonds. The molecule has 100 valence electrons. The second-order valence-corrected chi connectivity index (χ2v) is 4.93. The Balaban J connectivity index is 1.91. The van der Waals surface area contributed by atoms with Crippen LogP contribution in [0.5, 0.6) is 0 Å². The normalized spacial score (nSPS) is 18.4. The van der Waals surface area contributed by atoms with Crippen LogP contribution in [0.25, 0.3) is 0 Å². The van der Waals surface area contributed by atoms with Gasteiger partial charge < -0.3 is 15.3 Å². The fourth-order valence-electron chi connectivity index (χ4n) is 2.34. The minimum absolute atomic E-state index is 0.302. The number of nitrogens with zero attached hydrogens (tertiary/aromatic N) is 1. The maximum Gasteiger partial charge on any atom is 0.303 e. The summed E-state index contributed by atoms with van der Waals surface area (Å²) in [5.74, 6) is 0.134. The zero-order chi connectivity index (χ0) is 12.5. The van der Waals surface area contributed by atoms with Crippen LogP contribution in [0.3, 0.4) is 0 Å². The molecule has 0 aromatic rings. The molecule has 1 aliphatic heterocycles. The van der Waals surface area contributed by atoms with Crippen LogP contribution in [0, 0.1) is 5.92 Å². The van der Waals surface area contributed by atoms with Gasteiger partial charge in [0.2, 0.25) is 0 Å². The summed E-state index contributed by atoms with van der Waals surface area (Å²) in [7, 11) is 0.